The lowest BCUT2D eigenvalue weighted by atomic mass is 9.94. The highest BCUT2D eigenvalue weighted by atomic mass is 32.2. The van der Waals surface area contributed by atoms with Gasteiger partial charge in [0, 0.05) is 27.9 Å². The molecule has 0 radical (unpaired) electrons. The van der Waals surface area contributed by atoms with Crippen molar-refractivity contribution in [2.45, 2.75) is 37.2 Å². The largest absolute Gasteiger partial charge is 0.392 e. The molecule has 0 amide bonds. The second-order valence-corrected chi connectivity index (χ2v) is 7.33. The van der Waals surface area contributed by atoms with Crippen LogP contribution < -0.4 is 0 Å². The van der Waals surface area contributed by atoms with Crippen LogP contribution in [-0.4, -0.2) is 21.9 Å². The number of hydrogen-bond donors (Lipinski definition) is 1. The molecule has 2 heterocycles. The van der Waals surface area contributed by atoms with Crippen molar-refractivity contribution < 1.29 is 5.11 Å². The van der Waals surface area contributed by atoms with E-state index < -0.39 is 0 Å². The van der Waals surface area contributed by atoms with E-state index in [1.165, 1.54) is 15.3 Å². The van der Waals surface area contributed by atoms with Crippen LogP contribution in [0.4, 0.5) is 0 Å². The quantitative estimate of drug-likeness (QED) is 0.939. The first-order chi connectivity index (χ1) is 9.15. The van der Waals surface area contributed by atoms with Gasteiger partial charge in [-0.2, -0.15) is 0 Å². The van der Waals surface area contributed by atoms with E-state index in [0.717, 1.165) is 16.5 Å². The van der Waals surface area contributed by atoms with Crippen LogP contribution in [0.2, 0.25) is 0 Å². The van der Waals surface area contributed by atoms with E-state index >= 15 is 0 Å². The molecule has 100 valence electrons. The molecule has 1 aromatic heterocycles. The normalized spacial score (nSPS) is 19.4. The third-order valence-electron chi connectivity index (χ3n) is 3.66. The van der Waals surface area contributed by atoms with Gasteiger partial charge in [-0.15, -0.1) is 23.1 Å². The Morgan fingerprint density at radius 2 is 2.16 bits per heavy atom. The lowest BCUT2D eigenvalue weighted by molar-refractivity contribution is 0.151. The molecular formula is C15H17NOS2. The predicted octanol–water partition coefficient (Wildman–Crippen LogP) is 3.55. The Morgan fingerprint density at radius 3 is 2.89 bits per heavy atom. The molecule has 0 saturated carbocycles. The topological polar surface area (TPSA) is 33.1 Å². The van der Waals surface area contributed by atoms with Crippen molar-refractivity contribution in [3.8, 4) is 0 Å². The molecule has 2 nitrogen and oxygen atoms in total. The average Bonchev–Trinajstić information content (AvgIpc) is 2.94. The fraction of sp³-hybridized carbons (Fsp3) is 0.400. The first kappa shape index (κ1) is 13.2. The van der Waals surface area contributed by atoms with Crippen LogP contribution in [0.1, 0.15) is 27.1 Å². The van der Waals surface area contributed by atoms with Gasteiger partial charge in [0.25, 0.3) is 0 Å². The molecule has 3 rings (SSSR count). The van der Waals surface area contributed by atoms with Gasteiger partial charge in [0.2, 0.25) is 0 Å². The van der Waals surface area contributed by atoms with Crippen molar-refractivity contribution >= 4 is 23.1 Å². The third kappa shape index (κ3) is 2.57. The molecule has 4 heteroatoms. The minimum Gasteiger partial charge on any atom is -0.392 e. The van der Waals surface area contributed by atoms with Crippen molar-refractivity contribution in [3.63, 3.8) is 0 Å². The molecule has 1 aliphatic rings. The first-order valence-electron chi connectivity index (χ1n) is 6.48. The van der Waals surface area contributed by atoms with Crippen molar-refractivity contribution in [2.75, 3.05) is 5.75 Å². The fourth-order valence-corrected chi connectivity index (χ4v) is 4.76. The Bertz CT molecular complexity index is 574. The summed E-state index contributed by atoms with van der Waals surface area (Å²) >= 11 is 3.55. The fourth-order valence-electron chi connectivity index (χ4n) is 2.45. The number of nitrogens with zero attached hydrogens (tertiary/aromatic N) is 1. The summed E-state index contributed by atoms with van der Waals surface area (Å²) in [4.78, 5) is 7.10. The number of aromatic nitrogens is 1. The lowest BCUT2D eigenvalue weighted by Crippen LogP contribution is -2.21. The second kappa shape index (κ2) is 5.27. The Labute approximate surface area is 121 Å². The molecule has 2 aromatic rings. The van der Waals surface area contributed by atoms with E-state index in [1.54, 1.807) is 11.3 Å². The standard InChI is InChI=1S/C15H17NOS2/c1-9-10(2)19-15(16-9)7-13(17)12-8-18-14-6-4-3-5-11(12)14/h3-6,12-13,17H,7-8H2,1-2H3. The van der Waals surface area contributed by atoms with E-state index in [9.17, 15) is 5.11 Å². The Morgan fingerprint density at radius 1 is 1.37 bits per heavy atom. The highest BCUT2D eigenvalue weighted by Crippen LogP contribution is 2.41. The monoisotopic (exact) mass is 291 g/mol. The van der Waals surface area contributed by atoms with Crippen molar-refractivity contribution in [1.29, 1.82) is 0 Å². The van der Waals surface area contributed by atoms with Gasteiger partial charge < -0.3 is 5.11 Å². The summed E-state index contributed by atoms with van der Waals surface area (Å²) in [6.07, 6.45) is 0.333. The van der Waals surface area contributed by atoms with E-state index in [1.807, 2.05) is 18.7 Å². The molecule has 0 saturated heterocycles. The second-order valence-electron chi connectivity index (χ2n) is 4.98. The molecule has 1 aliphatic heterocycles. The minimum atomic E-state index is -0.332. The van der Waals surface area contributed by atoms with E-state index in [-0.39, 0.29) is 12.0 Å². The Hall–Kier alpha value is -0.840. The zero-order valence-electron chi connectivity index (χ0n) is 11.1. The van der Waals surface area contributed by atoms with Crippen molar-refractivity contribution in [1.82, 2.24) is 4.98 Å². The van der Waals surface area contributed by atoms with Gasteiger partial charge in [0.1, 0.15) is 0 Å². The van der Waals surface area contributed by atoms with Crippen LogP contribution in [0.3, 0.4) is 0 Å². The molecule has 2 unspecified atom stereocenters. The maximum atomic E-state index is 10.5. The molecule has 0 aliphatic carbocycles. The average molecular weight is 291 g/mol. The lowest BCUT2D eigenvalue weighted by Gasteiger charge is -2.17. The number of thiazole rings is 1. The van der Waals surface area contributed by atoms with Crippen LogP contribution in [0.25, 0.3) is 0 Å². The zero-order chi connectivity index (χ0) is 13.4. The Balaban J connectivity index is 1.77. The summed E-state index contributed by atoms with van der Waals surface area (Å²) in [5, 5.41) is 11.6. The number of fused-ring (bicyclic) bond motifs is 1. The number of thioether (sulfide) groups is 1. The van der Waals surface area contributed by atoms with Crippen LogP contribution in [0.5, 0.6) is 0 Å². The Kier molecular flexibility index (Phi) is 3.65. The van der Waals surface area contributed by atoms with Crippen molar-refractivity contribution in [2.24, 2.45) is 0 Å². The van der Waals surface area contributed by atoms with Gasteiger partial charge in [0.15, 0.2) is 0 Å². The van der Waals surface area contributed by atoms with Gasteiger partial charge in [-0.25, -0.2) is 4.98 Å². The third-order valence-corrected chi connectivity index (χ3v) is 5.96. The predicted molar refractivity (Wildman–Crippen MR) is 81.2 cm³/mol. The maximum absolute atomic E-state index is 10.5. The van der Waals surface area contributed by atoms with E-state index in [4.69, 9.17) is 0 Å². The number of rotatable bonds is 3. The zero-order valence-corrected chi connectivity index (χ0v) is 12.7. The van der Waals surface area contributed by atoms with Crippen molar-refractivity contribution in [3.05, 3.63) is 45.4 Å². The van der Waals surface area contributed by atoms with Gasteiger partial charge in [-0.05, 0) is 25.5 Å². The van der Waals surface area contributed by atoms with Gasteiger partial charge in [0.05, 0.1) is 16.8 Å². The van der Waals surface area contributed by atoms with Gasteiger partial charge in [-0.1, -0.05) is 18.2 Å². The highest BCUT2D eigenvalue weighted by molar-refractivity contribution is 7.99. The maximum Gasteiger partial charge on any atom is 0.0956 e. The van der Waals surface area contributed by atoms with E-state index in [0.29, 0.717) is 6.42 Å². The number of aryl methyl sites for hydroxylation is 2. The molecule has 1 aromatic carbocycles. The summed E-state index contributed by atoms with van der Waals surface area (Å²) in [5.41, 5.74) is 2.39. The van der Waals surface area contributed by atoms with Crippen LogP contribution in [0, 0.1) is 13.8 Å². The SMILES string of the molecule is Cc1nc(CC(O)C2CSc3ccccc32)sc1C. The number of hydrogen-bond acceptors (Lipinski definition) is 4. The van der Waals surface area contributed by atoms with E-state index in [2.05, 4.69) is 36.2 Å². The first-order valence-corrected chi connectivity index (χ1v) is 8.28. The molecule has 1 N–H and O–H groups in total. The molecule has 19 heavy (non-hydrogen) atoms. The molecule has 0 spiro atoms. The van der Waals surface area contributed by atoms with Gasteiger partial charge in [-0.3, -0.25) is 0 Å². The number of aliphatic hydroxyl groups is 1. The smallest absolute Gasteiger partial charge is 0.0956 e. The van der Waals surface area contributed by atoms with Gasteiger partial charge >= 0.3 is 0 Å². The molecule has 2 atom stereocenters. The molecular weight excluding hydrogens is 274 g/mol. The highest BCUT2D eigenvalue weighted by Gasteiger charge is 2.29. The van der Waals surface area contributed by atoms with Crippen LogP contribution in [0.15, 0.2) is 29.2 Å². The summed E-state index contributed by atoms with van der Waals surface area (Å²) < 4.78 is 0. The summed E-state index contributed by atoms with van der Waals surface area (Å²) in [7, 11) is 0. The minimum absolute atomic E-state index is 0.241. The summed E-state index contributed by atoms with van der Waals surface area (Å²) in [5.74, 6) is 1.22. The summed E-state index contributed by atoms with van der Waals surface area (Å²) in [6.45, 7) is 4.12. The number of benzene rings is 1. The van der Waals surface area contributed by atoms with Crippen LogP contribution >= 0.6 is 23.1 Å². The number of aliphatic hydroxyl groups excluding tert-OH is 1. The molecule has 0 bridgehead atoms. The van der Waals surface area contributed by atoms with Crippen LogP contribution in [-0.2, 0) is 6.42 Å². The molecule has 0 fully saturated rings. The summed E-state index contributed by atoms with van der Waals surface area (Å²) in [6, 6.07) is 8.41.